The minimum atomic E-state index is -0.549. The van der Waals surface area contributed by atoms with E-state index in [-0.39, 0.29) is 5.92 Å². The van der Waals surface area contributed by atoms with Crippen molar-refractivity contribution in [2.75, 3.05) is 0 Å². The van der Waals surface area contributed by atoms with Crippen molar-refractivity contribution in [3.05, 3.63) is 38.5 Å². The van der Waals surface area contributed by atoms with Gasteiger partial charge in [-0.25, -0.2) is 14.6 Å². The Kier molecular flexibility index (Phi) is 2.23. The van der Waals surface area contributed by atoms with E-state index in [0.29, 0.717) is 22.0 Å². The molecule has 20 heavy (non-hydrogen) atoms. The van der Waals surface area contributed by atoms with E-state index >= 15 is 0 Å². The first-order chi connectivity index (χ1) is 9.63. The Hall–Kier alpha value is -2.28. The van der Waals surface area contributed by atoms with Gasteiger partial charge < -0.3 is 0 Å². The van der Waals surface area contributed by atoms with Crippen LogP contribution in [0.5, 0.6) is 0 Å². The Balaban J connectivity index is 2.15. The maximum atomic E-state index is 11.4. The summed E-state index contributed by atoms with van der Waals surface area (Å²) in [5.41, 5.74) is 2.08. The molecule has 2 heterocycles. The summed E-state index contributed by atoms with van der Waals surface area (Å²) in [6, 6.07) is 0.655. The molecular formula is C13H5BrN4O2. The van der Waals surface area contributed by atoms with Crippen LogP contribution in [-0.2, 0) is 0 Å². The van der Waals surface area contributed by atoms with Crippen LogP contribution in [0.1, 0.15) is 11.1 Å². The van der Waals surface area contributed by atoms with Gasteiger partial charge >= 0.3 is 12.1 Å². The average Bonchev–Trinajstić information content (AvgIpc) is 2.78. The predicted octanol–water partition coefficient (Wildman–Crippen LogP) is 1.46. The second-order valence-corrected chi connectivity index (χ2v) is 5.32. The van der Waals surface area contributed by atoms with Gasteiger partial charge in [-0.2, -0.15) is 15.0 Å². The quantitative estimate of drug-likeness (QED) is 0.722. The number of fused-ring (bicyclic) bond motifs is 5. The van der Waals surface area contributed by atoms with Gasteiger partial charge in [0.2, 0.25) is 0 Å². The van der Waals surface area contributed by atoms with Crippen LogP contribution in [0.15, 0.2) is 36.6 Å². The topological polar surface area (TPSA) is 83.6 Å². The number of urea groups is 2. The molecule has 2 aliphatic heterocycles. The monoisotopic (exact) mass is 328 g/mol. The van der Waals surface area contributed by atoms with Gasteiger partial charge in [-0.05, 0) is 11.6 Å². The minimum Gasteiger partial charge on any atom is -0.244 e. The van der Waals surface area contributed by atoms with Crippen LogP contribution in [0.2, 0.25) is 0 Å². The Labute approximate surface area is 120 Å². The summed E-state index contributed by atoms with van der Waals surface area (Å²) in [5.74, 6) is -0.176. The zero-order valence-corrected chi connectivity index (χ0v) is 11.5. The van der Waals surface area contributed by atoms with Gasteiger partial charge in [-0.15, -0.1) is 0 Å². The highest BCUT2D eigenvalue weighted by molar-refractivity contribution is 9.10. The van der Waals surface area contributed by atoms with Crippen molar-refractivity contribution < 1.29 is 9.59 Å². The van der Waals surface area contributed by atoms with Crippen molar-refractivity contribution in [3.8, 4) is 0 Å². The Bertz CT molecular complexity index is 911. The lowest BCUT2D eigenvalue weighted by Crippen LogP contribution is -2.36. The Morgan fingerprint density at radius 2 is 1.95 bits per heavy atom. The highest BCUT2D eigenvalue weighted by Gasteiger charge is 2.28. The smallest absolute Gasteiger partial charge is 0.244 e. The second kappa shape index (κ2) is 3.86. The Morgan fingerprint density at radius 3 is 2.80 bits per heavy atom. The summed E-state index contributed by atoms with van der Waals surface area (Å²) in [7, 11) is 0. The highest BCUT2D eigenvalue weighted by Crippen LogP contribution is 2.27. The zero-order valence-electron chi connectivity index (χ0n) is 9.87. The molecule has 1 aromatic carbocycles. The third-order valence-corrected chi connectivity index (χ3v) is 3.95. The van der Waals surface area contributed by atoms with Gasteiger partial charge in [0.25, 0.3) is 0 Å². The number of hydrogen-bond acceptors (Lipinski definition) is 2. The summed E-state index contributed by atoms with van der Waals surface area (Å²) in [5, 5.41) is 0.969. The lowest BCUT2D eigenvalue weighted by Gasteiger charge is -2.21. The third-order valence-electron chi connectivity index (χ3n) is 3.30. The fourth-order valence-electron chi connectivity index (χ4n) is 2.47. The van der Waals surface area contributed by atoms with Crippen LogP contribution in [0.25, 0.3) is 6.08 Å². The zero-order chi connectivity index (χ0) is 13.9. The van der Waals surface area contributed by atoms with Gasteiger partial charge in [0.1, 0.15) is 5.36 Å². The van der Waals surface area contributed by atoms with Crippen LogP contribution in [0, 0.1) is 5.92 Å². The van der Waals surface area contributed by atoms with Crippen LogP contribution in [-0.4, -0.2) is 24.0 Å². The molecule has 0 saturated heterocycles. The first kappa shape index (κ1) is 11.5. The van der Waals surface area contributed by atoms with Crippen molar-refractivity contribution in [3.63, 3.8) is 0 Å². The number of halogens is 1. The minimum absolute atomic E-state index is 0.176. The fourth-order valence-corrected chi connectivity index (χ4v) is 3.02. The molecule has 0 radical (unpaired) electrons. The van der Waals surface area contributed by atoms with Gasteiger partial charge in [-0.1, -0.05) is 28.1 Å². The summed E-state index contributed by atoms with van der Waals surface area (Å²) >= 11 is 3.45. The van der Waals surface area contributed by atoms with Gasteiger partial charge in [0, 0.05) is 16.3 Å². The lowest BCUT2D eigenvalue weighted by molar-refractivity contribution is 0.256. The molecule has 7 heteroatoms. The first-order valence-electron chi connectivity index (χ1n) is 5.83. The number of hydrogen-bond donors (Lipinski definition) is 0. The second-order valence-electron chi connectivity index (χ2n) is 4.46. The molecule has 0 fully saturated rings. The molecule has 0 aromatic heterocycles. The number of benzene rings is 1. The number of rotatable bonds is 0. The van der Waals surface area contributed by atoms with E-state index in [2.05, 4.69) is 35.9 Å². The molecule has 1 unspecified atom stereocenters. The molecule has 0 saturated carbocycles. The fraction of sp³-hybridized carbons (Fsp3) is 0.0769. The van der Waals surface area contributed by atoms with E-state index in [1.807, 2.05) is 12.2 Å². The van der Waals surface area contributed by atoms with E-state index < -0.39 is 12.1 Å². The van der Waals surface area contributed by atoms with E-state index in [4.69, 9.17) is 0 Å². The van der Waals surface area contributed by atoms with Crippen molar-refractivity contribution >= 4 is 46.0 Å². The Morgan fingerprint density at radius 1 is 1.10 bits per heavy atom. The lowest BCUT2D eigenvalue weighted by atomic mass is 9.87. The van der Waals surface area contributed by atoms with E-state index in [1.165, 1.54) is 0 Å². The van der Waals surface area contributed by atoms with Gasteiger partial charge in [-0.3, -0.25) is 0 Å². The molecule has 96 valence electrons. The number of amides is 4. The van der Waals surface area contributed by atoms with Crippen molar-refractivity contribution in [1.29, 1.82) is 0 Å². The van der Waals surface area contributed by atoms with Crippen LogP contribution in [0.4, 0.5) is 9.59 Å². The van der Waals surface area contributed by atoms with Crippen LogP contribution in [0.3, 0.4) is 0 Å². The van der Waals surface area contributed by atoms with Crippen molar-refractivity contribution in [2.24, 2.45) is 25.9 Å². The summed E-state index contributed by atoms with van der Waals surface area (Å²) in [4.78, 5) is 38.3. The van der Waals surface area contributed by atoms with Gasteiger partial charge in [0.05, 0.1) is 17.0 Å². The summed E-state index contributed by atoms with van der Waals surface area (Å²) < 4.78 is 0.785. The van der Waals surface area contributed by atoms with Gasteiger partial charge in [0.15, 0.2) is 0 Å². The van der Waals surface area contributed by atoms with E-state index in [0.717, 1.165) is 10.0 Å². The summed E-state index contributed by atoms with van der Waals surface area (Å²) in [6.07, 6.45) is 5.36. The molecular weight excluding hydrogens is 324 g/mol. The van der Waals surface area contributed by atoms with Crippen molar-refractivity contribution in [2.45, 2.75) is 0 Å². The largest absolute Gasteiger partial charge is 0.368 e. The number of nitrogens with zero attached hydrogens (tertiary/aromatic N) is 4. The SMILES string of the molecule is O=C1N=CC2C=Cc3c(Br)cc4c(c3C2=N1)=NC(=O)N=4. The van der Waals surface area contributed by atoms with Crippen LogP contribution < -0.4 is 10.7 Å². The molecule has 3 aliphatic rings. The molecule has 6 nitrogen and oxygen atoms in total. The standard InChI is InChI=1S/C13H5BrN4O2/c14-7-3-8-11(18-13(20)16-8)9-6(7)2-1-5-4-15-12(19)17-10(5)9/h1-5H. The average molecular weight is 329 g/mol. The number of carbonyl (C=O) groups is 2. The maximum absolute atomic E-state index is 11.4. The molecule has 0 spiro atoms. The predicted molar refractivity (Wildman–Crippen MR) is 74.8 cm³/mol. The number of aliphatic imine (C=N–C) groups is 2. The highest BCUT2D eigenvalue weighted by atomic mass is 79.9. The molecule has 4 amide bonds. The first-order valence-corrected chi connectivity index (χ1v) is 6.62. The third kappa shape index (κ3) is 1.50. The maximum Gasteiger partial charge on any atom is 0.368 e. The number of carbonyl (C=O) groups excluding carboxylic acids is 2. The van der Waals surface area contributed by atoms with E-state index in [9.17, 15) is 9.59 Å². The number of allylic oxidation sites excluding steroid dienone is 1. The molecule has 1 atom stereocenters. The molecule has 1 aromatic rings. The van der Waals surface area contributed by atoms with Crippen LogP contribution >= 0.6 is 15.9 Å². The summed E-state index contributed by atoms with van der Waals surface area (Å²) in [6.45, 7) is 0. The molecule has 4 rings (SSSR count). The molecule has 0 bridgehead atoms. The molecule has 0 N–H and O–H groups in total. The molecule has 1 aliphatic carbocycles. The van der Waals surface area contributed by atoms with Crippen molar-refractivity contribution in [1.82, 2.24) is 0 Å². The van der Waals surface area contributed by atoms with E-state index in [1.54, 1.807) is 12.3 Å². The normalized spacial score (nSPS) is 21.6.